The van der Waals surface area contributed by atoms with Crippen molar-refractivity contribution in [1.29, 1.82) is 0 Å². The SMILES string of the molecule is O=C(O)CCCc1ccc2c(c1)C(=O)c1[nH]c(=O)c3ccccc3c1-2. The molecule has 3 aromatic rings. The lowest BCUT2D eigenvalue weighted by atomic mass is 9.98. The number of aliphatic carboxylic acids is 1. The Morgan fingerprint density at radius 3 is 2.52 bits per heavy atom. The van der Waals surface area contributed by atoms with Crippen molar-refractivity contribution in [3.05, 3.63) is 69.6 Å². The molecule has 0 amide bonds. The van der Waals surface area contributed by atoms with Gasteiger partial charge in [-0.2, -0.15) is 0 Å². The van der Waals surface area contributed by atoms with Gasteiger partial charge in [0.25, 0.3) is 5.56 Å². The second-order valence-corrected chi connectivity index (χ2v) is 6.21. The summed E-state index contributed by atoms with van der Waals surface area (Å²) in [6.07, 6.45) is 1.22. The van der Waals surface area contributed by atoms with Gasteiger partial charge in [-0.15, -0.1) is 0 Å². The van der Waals surface area contributed by atoms with Crippen LogP contribution < -0.4 is 5.56 Å². The molecule has 124 valence electrons. The molecular formula is C20H15NO4. The molecule has 0 saturated carbocycles. The number of benzene rings is 2. The molecule has 0 atom stereocenters. The first-order valence-corrected chi connectivity index (χ1v) is 8.11. The Bertz CT molecular complexity index is 1090. The lowest BCUT2D eigenvalue weighted by molar-refractivity contribution is -0.137. The Hall–Kier alpha value is -3.21. The molecule has 0 aliphatic heterocycles. The number of aromatic amines is 1. The number of hydrogen-bond acceptors (Lipinski definition) is 3. The van der Waals surface area contributed by atoms with E-state index in [1.807, 2.05) is 30.3 Å². The molecule has 2 N–H and O–H groups in total. The minimum absolute atomic E-state index is 0.100. The van der Waals surface area contributed by atoms with Crippen molar-refractivity contribution in [3.63, 3.8) is 0 Å². The number of carboxylic acids is 1. The molecule has 5 nitrogen and oxygen atoms in total. The van der Waals surface area contributed by atoms with E-state index in [1.54, 1.807) is 12.1 Å². The number of carboxylic acid groups (broad SMARTS) is 1. The van der Waals surface area contributed by atoms with Crippen molar-refractivity contribution in [2.45, 2.75) is 19.3 Å². The number of pyridine rings is 1. The number of hydrogen-bond donors (Lipinski definition) is 2. The van der Waals surface area contributed by atoms with Crippen LogP contribution >= 0.6 is 0 Å². The fraction of sp³-hybridized carbons (Fsp3) is 0.150. The summed E-state index contributed by atoms with van der Waals surface area (Å²) < 4.78 is 0. The second kappa shape index (κ2) is 5.70. The smallest absolute Gasteiger partial charge is 0.303 e. The van der Waals surface area contributed by atoms with Gasteiger partial charge in [0, 0.05) is 22.9 Å². The number of carbonyl (C=O) groups is 2. The molecule has 0 bridgehead atoms. The van der Waals surface area contributed by atoms with Crippen molar-refractivity contribution in [1.82, 2.24) is 4.98 Å². The van der Waals surface area contributed by atoms with E-state index >= 15 is 0 Å². The number of fused-ring (bicyclic) bond motifs is 5. The molecule has 4 rings (SSSR count). The Kier molecular flexibility index (Phi) is 3.50. The normalized spacial score (nSPS) is 12.2. The van der Waals surface area contributed by atoms with Crippen LogP contribution in [0.15, 0.2) is 47.3 Å². The van der Waals surface area contributed by atoms with Crippen LogP contribution in [-0.2, 0) is 11.2 Å². The van der Waals surface area contributed by atoms with E-state index < -0.39 is 5.97 Å². The van der Waals surface area contributed by atoms with Crippen LogP contribution in [0.1, 0.15) is 34.5 Å². The minimum Gasteiger partial charge on any atom is -0.481 e. The Morgan fingerprint density at radius 2 is 1.76 bits per heavy atom. The molecule has 0 spiro atoms. The number of aryl methyl sites for hydroxylation is 1. The Morgan fingerprint density at radius 1 is 1.00 bits per heavy atom. The van der Waals surface area contributed by atoms with Crippen LogP contribution in [0.2, 0.25) is 0 Å². The molecule has 0 saturated heterocycles. The van der Waals surface area contributed by atoms with Gasteiger partial charge in [-0.1, -0.05) is 30.3 Å². The van der Waals surface area contributed by atoms with Crippen molar-refractivity contribution in [2.24, 2.45) is 0 Å². The topological polar surface area (TPSA) is 87.2 Å². The summed E-state index contributed by atoms with van der Waals surface area (Å²) in [5, 5.41) is 10.1. The third-order valence-corrected chi connectivity index (χ3v) is 4.61. The lowest BCUT2D eigenvalue weighted by Gasteiger charge is -2.06. The number of carbonyl (C=O) groups excluding carboxylic acids is 1. The van der Waals surface area contributed by atoms with Crippen LogP contribution in [-0.4, -0.2) is 21.8 Å². The monoisotopic (exact) mass is 333 g/mol. The number of rotatable bonds is 4. The summed E-state index contributed by atoms with van der Waals surface area (Å²) in [5.41, 5.74) is 3.14. The molecule has 25 heavy (non-hydrogen) atoms. The summed E-state index contributed by atoms with van der Waals surface area (Å²) in [4.78, 5) is 38.4. The molecular weight excluding hydrogens is 318 g/mol. The quantitative estimate of drug-likeness (QED) is 0.600. The third-order valence-electron chi connectivity index (χ3n) is 4.61. The molecule has 0 fully saturated rings. The van der Waals surface area contributed by atoms with Gasteiger partial charge in [0.2, 0.25) is 5.78 Å². The molecule has 1 aliphatic carbocycles. The van der Waals surface area contributed by atoms with Gasteiger partial charge in [0.1, 0.15) is 0 Å². The number of aromatic nitrogens is 1. The lowest BCUT2D eigenvalue weighted by Crippen LogP contribution is -2.12. The highest BCUT2D eigenvalue weighted by molar-refractivity contribution is 6.24. The zero-order valence-corrected chi connectivity index (χ0v) is 13.3. The maximum absolute atomic E-state index is 12.8. The second-order valence-electron chi connectivity index (χ2n) is 6.21. The Labute approximate surface area is 142 Å². The van der Waals surface area contributed by atoms with E-state index in [4.69, 9.17) is 5.11 Å². The zero-order valence-electron chi connectivity index (χ0n) is 13.3. The van der Waals surface area contributed by atoms with Crippen LogP contribution in [0, 0.1) is 0 Å². The highest BCUT2D eigenvalue weighted by Crippen LogP contribution is 2.39. The van der Waals surface area contributed by atoms with E-state index in [0.717, 1.165) is 22.1 Å². The van der Waals surface area contributed by atoms with E-state index in [1.165, 1.54) is 0 Å². The molecule has 1 aromatic heterocycles. The average molecular weight is 333 g/mol. The van der Waals surface area contributed by atoms with Crippen LogP contribution in [0.5, 0.6) is 0 Å². The molecule has 0 radical (unpaired) electrons. The number of H-pyrrole nitrogens is 1. The van der Waals surface area contributed by atoms with Crippen molar-refractivity contribution in [2.75, 3.05) is 0 Å². The van der Waals surface area contributed by atoms with E-state index in [-0.39, 0.29) is 17.8 Å². The standard InChI is InChI=1S/C20H15NO4/c22-16(23)7-3-4-11-8-9-13-15(10-11)19(24)18-17(13)12-5-1-2-6-14(12)20(25)21-18/h1-2,5-6,8-10H,3-4,7H2,(H,21,25)(H,22,23). The van der Waals surface area contributed by atoms with E-state index in [2.05, 4.69) is 4.98 Å². The fourth-order valence-electron chi connectivity index (χ4n) is 3.46. The van der Waals surface area contributed by atoms with Crippen LogP contribution in [0.3, 0.4) is 0 Å². The molecule has 5 heteroatoms. The largest absolute Gasteiger partial charge is 0.481 e. The van der Waals surface area contributed by atoms with E-state index in [9.17, 15) is 14.4 Å². The highest BCUT2D eigenvalue weighted by atomic mass is 16.4. The third kappa shape index (κ3) is 2.45. The maximum atomic E-state index is 12.8. The number of ketones is 1. The van der Waals surface area contributed by atoms with Gasteiger partial charge in [-0.3, -0.25) is 14.4 Å². The maximum Gasteiger partial charge on any atom is 0.303 e. The molecule has 2 aromatic carbocycles. The highest BCUT2D eigenvalue weighted by Gasteiger charge is 2.30. The van der Waals surface area contributed by atoms with Gasteiger partial charge in [0.05, 0.1) is 5.69 Å². The van der Waals surface area contributed by atoms with Crippen LogP contribution in [0.25, 0.3) is 21.9 Å². The predicted octanol–water partition coefficient (Wildman–Crippen LogP) is 3.15. The van der Waals surface area contributed by atoms with E-state index in [0.29, 0.717) is 29.5 Å². The number of nitrogens with one attached hydrogen (secondary N) is 1. The fourth-order valence-corrected chi connectivity index (χ4v) is 3.46. The van der Waals surface area contributed by atoms with Gasteiger partial charge < -0.3 is 10.1 Å². The van der Waals surface area contributed by atoms with Crippen LogP contribution in [0.4, 0.5) is 0 Å². The molecule has 0 unspecified atom stereocenters. The summed E-state index contributed by atoms with van der Waals surface area (Å²) in [7, 11) is 0. The summed E-state index contributed by atoms with van der Waals surface area (Å²) in [6, 6.07) is 12.9. The predicted molar refractivity (Wildman–Crippen MR) is 94.0 cm³/mol. The Balaban J connectivity index is 1.82. The first-order chi connectivity index (χ1) is 12.1. The minimum atomic E-state index is -0.825. The molecule has 1 aliphatic rings. The van der Waals surface area contributed by atoms with Gasteiger partial charge in [0.15, 0.2) is 0 Å². The first kappa shape index (κ1) is 15.3. The van der Waals surface area contributed by atoms with Crippen molar-refractivity contribution >= 4 is 22.5 Å². The first-order valence-electron chi connectivity index (χ1n) is 8.11. The van der Waals surface area contributed by atoms with Crippen molar-refractivity contribution in [3.8, 4) is 11.1 Å². The average Bonchev–Trinajstić information content (AvgIpc) is 2.87. The molecule has 1 heterocycles. The van der Waals surface area contributed by atoms with Gasteiger partial charge >= 0.3 is 5.97 Å². The van der Waals surface area contributed by atoms with Gasteiger partial charge in [-0.25, -0.2) is 0 Å². The van der Waals surface area contributed by atoms with Crippen molar-refractivity contribution < 1.29 is 14.7 Å². The zero-order chi connectivity index (χ0) is 17.6. The summed E-state index contributed by atoms with van der Waals surface area (Å²) in [5.74, 6) is -1.01. The summed E-state index contributed by atoms with van der Waals surface area (Å²) in [6.45, 7) is 0. The van der Waals surface area contributed by atoms with Gasteiger partial charge in [-0.05, 0) is 41.5 Å². The summed E-state index contributed by atoms with van der Waals surface area (Å²) >= 11 is 0.